The normalized spacial score (nSPS) is 13.8. The Morgan fingerprint density at radius 1 is 1.33 bits per heavy atom. The van der Waals surface area contributed by atoms with Gasteiger partial charge in [0.1, 0.15) is 0 Å². The highest BCUT2D eigenvalue weighted by atomic mass is 16.5. The Bertz CT molecular complexity index is 449. The van der Waals surface area contributed by atoms with Gasteiger partial charge in [0, 0.05) is 25.4 Å². The molecule has 118 valence electrons. The number of aliphatic hydroxyl groups excluding tert-OH is 1. The van der Waals surface area contributed by atoms with Crippen LogP contribution in [-0.4, -0.2) is 30.9 Å². The van der Waals surface area contributed by atoms with E-state index in [2.05, 4.69) is 10.6 Å². The molecule has 2 amide bonds. The van der Waals surface area contributed by atoms with Gasteiger partial charge < -0.3 is 20.5 Å². The molecule has 0 spiro atoms. The first-order valence-electron chi connectivity index (χ1n) is 7.29. The summed E-state index contributed by atoms with van der Waals surface area (Å²) in [6.07, 6.45) is 0.527. The number of rotatable bonds is 7. The molecule has 2 atom stereocenters. The maximum Gasteiger partial charge on any atom is 0.319 e. The lowest BCUT2D eigenvalue weighted by Gasteiger charge is -2.22. The summed E-state index contributed by atoms with van der Waals surface area (Å²) in [5.74, 6) is 0.266. The minimum atomic E-state index is -0.260. The van der Waals surface area contributed by atoms with Crippen molar-refractivity contribution < 1.29 is 14.6 Å². The monoisotopic (exact) mass is 294 g/mol. The van der Waals surface area contributed by atoms with Crippen LogP contribution in [0.25, 0.3) is 0 Å². The second-order valence-electron chi connectivity index (χ2n) is 5.46. The van der Waals surface area contributed by atoms with Crippen molar-refractivity contribution in [3.63, 3.8) is 0 Å². The van der Waals surface area contributed by atoms with E-state index in [0.717, 1.165) is 11.3 Å². The maximum absolute atomic E-state index is 12.0. The van der Waals surface area contributed by atoms with Crippen LogP contribution in [0.15, 0.2) is 24.3 Å². The largest absolute Gasteiger partial charge is 0.396 e. The van der Waals surface area contributed by atoms with Crippen LogP contribution in [0, 0.1) is 5.92 Å². The number of hydrogen-bond donors (Lipinski definition) is 3. The molecule has 0 aromatic heterocycles. The van der Waals surface area contributed by atoms with E-state index in [1.54, 1.807) is 7.11 Å². The van der Waals surface area contributed by atoms with Gasteiger partial charge in [-0.1, -0.05) is 26.0 Å². The zero-order chi connectivity index (χ0) is 15.8. The third kappa shape index (κ3) is 5.73. The van der Waals surface area contributed by atoms with Gasteiger partial charge in [-0.2, -0.15) is 0 Å². The molecule has 0 aliphatic carbocycles. The molecule has 0 bridgehead atoms. The number of anilines is 1. The lowest BCUT2D eigenvalue weighted by atomic mass is 10.0. The fourth-order valence-electron chi connectivity index (χ4n) is 2.05. The van der Waals surface area contributed by atoms with Crippen molar-refractivity contribution in [3.05, 3.63) is 29.8 Å². The Balaban J connectivity index is 2.66. The van der Waals surface area contributed by atoms with Crippen LogP contribution in [0.5, 0.6) is 0 Å². The van der Waals surface area contributed by atoms with Gasteiger partial charge in [-0.15, -0.1) is 0 Å². The fraction of sp³-hybridized carbons (Fsp3) is 0.562. The highest BCUT2D eigenvalue weighted by Gasteiger charge is 2.15. The molecule has 5 heteroatoms. The maximum atomic E-state index is 12.0. The summed E-state index contributed by atoms with van der Waals surface area (Å²) in [7, 11) is 1.65. The second-order valence-corrected chi connectivity index (χ2v) is 5.46. The van der Waals surface area contributed by atoms with Gasteiger partial charge in [0.25, 0.3) is 0 Å². The summed E-state index contributed by atoms with van der Waals surface area (Å²) >= 11 is 0. The summed E-state index contributed by atoms with van der Waals surface area (Å²) in [6, 6.07) is 7.26. The van der Waals surface area contributed by atoms with Crippen molar-refractivity contribution in [3.8, 4) is 0 Å². The second kappa shape index (κ2) is 8.64. The predicted molar refractivity (Wildman–Crippen MR) is 84.3 cm³/mol. The number of benzene rings is 1. The zero-order valence-corrected chi connectivity index (χ0v) is 13.2. The summed E-state index contributed by atoms with van der Waals surface area (Å²) in [4.78, 5) is 12.0. The Labute approximate surface area is 126 Å². The molecule has 0 radical (unpaired) electrons. The first kappa shape index (κ1) is 17.5. The summed E-state index contributed by atoms with van der Waals surface area (Å²) in [5.41, 5.74) is 1.73. The predicted octanol–water partition coefficient (Wildman–Crippen LogP) is 2.92. The van der Waals surface area contributed by atoms with E-state index in [1.165, 1.54) is 0 Å². The van der Waals surface area contributed by atoms with Gasteiger partial charge in [-0.25, -0.2) is 4.79 Å². The van der Waals surface area contributed by atoms with E-state index < -0.39 is 0 Å². The van der Waals surface area contributed by atoms with Gasteiger partial charge in [0.15, 0.2) is 0 Å². The molecule has 1 aromatic carbocycles. The smallest absolute Gasteiger partial charge is 0.319 e. The molecule has 0 unspecified atom stereocenters. The molecular weight excluding hydrogens is 268 g/mol. The highest BCUT2D eigenvalue weighted by Crippen LogP contribution is 2.19. The van der Waals surface area contributed by atoms with Gasteiger partial charge in [0.05, 0.1) is 6.10 Å². The number of aliphatic hydroxyl groups is 1. The van der Waals surface area contributed by atoms with E-state index >= 15 is 0 Å². The Morgan fingerprint density at radius 2 is 2.05 bits per heavy atom. The van der Waals surface area contributed by atoms with Gasteiger partial charge in [-0.05, 0) is 37.0 Å². The molecule has 0 fully saturated rings. The van der Waals surface area contributed by atoms with E-state index in [9.17, 15) is 4.79 Å². The quantitative estimate of drug-likeness (QED) is 0.724. The number of nitrogens with one attached hydrogen (secondary N) is 2. The standard InChI is InChI=1S/C16H26N2O3/c1-11(2)15(8-9-19)18-16(20)17-14-7-5-6-13(10-14)12(3)21-4/h5-7,10-12,15,19H,8-9H2,1-4H3,(H2,17,18,20)/t12-,15+/m0/s1. The number of hydrogen-bond acceptors (Lipinski definition) is 3. The number of carbonyl (C=O) groups is 1. The SMILES string of the molecule is CO[C@@H](C)c1cccc(NC(=O)N[C@H](CCO)C(C)C)c1. The van der Waals surface area contributed by atoms with Gasteiger partial charge in [-0.3, -0.25) is 0 Å². The molecule has 0 saturated carbocycles. The molecule has 3 N–H and O–H groups in total. The van der Waals surface area contributed by atoms with Gasteiger partial charge >= 0.3 is 6.03 Å². The van der Waals surface area contributed by atoms with Crippen LogP contribution in [0.3, 0.4) is 0 Å². The minimum absolute atomic E-state index is 0.0207. The number of methoxy groups -OCH3 is 1. The van der Waals surface area contributed by atoms with E-state index in [-0.39, 0.29) is 30.7 Å². The van der Waals surface area contributed by atoms with E-state index in [0.29, 0.717) is 6.42 Å². The van der Waals surface area contributed by atoms with Crippen molar-refractivity contribution in [2.75, 3.05) is 19.0 Å². The molecule has 0 aliphatic rings. The Morgan fingerprint density at radius 3 is 2.62 bits per heavy atom. The first-order valence-corrected chi connectivity index (χ1v) is 7.29. The lowest BCUT2D eigenvalue weighted by molar-refractivity contribution is 0.119. The van der Waals surface area contributed by atoms with Crippen molar-refractivity contribution in [1.29, 1.82) is 0 Å². The third-order valence-corrected chi connectivity index (χ3v) is 3.53. The lowest BCUT2D eigenvalue weighted by Crippen LogP contribution is -2.41. The van der Waals surface area contributed by atoms with Crippen molar-refractivity contribution in [1.82, 2.24) is 5.32 Å². The van der Waals surface area contributed by atoms with Crippen LogP contribution in [-0.2, 0) is 4.74 Å². The molecule has 0 saturated heterocycles. The van der Waals surface area contributed by atoms with Crippen LogP contribution in [0.2, 0.25) is 0 Å². The number of ether oxygens (including phenoxy) is 1. The van der Waals surface area contributed by atoms with Crippen LogP contribution < -0.4 is 10.6 Å². The van der Waals surface area contributed by atoms with E-state index in [1.807, 2.05) is 45.0 Å². The van der Waals surface area contributed by atoms with Gasteiger partial charge in [0.2, 0.25) is 0 Å². The summed E-state index contributed by atoms with van der Waals surface area (Å²) in [6.45, 7) is 6.04. The number of urea groups is 1. The van der Waals surface area contributed by atoms with Crippen LogP contribution in [0.1, 0.15) is 38.9 Å². The number of carbonyl (C=O) groups excluding carboxylic acids is 1. The van der Waals surface area contributed by atoms with Crippen molar-refractivity contribution in [2.45, 2.75) is 39.3 Å². The molecule has 0 aliphatic heterocycles. The zero-order valence-electron chi connectivity index (χ0n) is 13.2. The highest BCUT2D eigenvalue weighted by molar-refractivity contribution is 5.89. The molecule has 21 heavy (non-hydrogen) atoms. The van der Waals surface area contributed by atoms with Crippen LogP contribution >= 0.6 is 0 Å². The minimum Gasteiger partial charge on any atom is -0.396 e. The topological polar surface area (TPSA) is 70.6 Å². The molecular formula is C16H26N2O3. The number of amides is 2. The molecule has 1 rings (SSSR count). The molecule has 1 aromatic rings. The summed E-state index contributed by atoms with van der Waals surface area (Å²) < 4.78 is 5.27. The Kier molecular flexibility index (Phi) is 7.19. The Hall–Kier alpha value is -1.59. The average molecular weight is 294 g/mol. The third-order valence-electron chi connectivity index (χ3n) is 3.53. The fourth-order valence-corrected chi connectivity index (χ4v) is 2.05. The first-order chi connectivity index (χ1) is 9.97. The summed E-state index contributed by atoms with van der Waals surface area (Å²) in [5, 5.41) is 14.7. The molecule has 5 nitrogen and oxygen atoms in total. The van der Waals surface area contributed by atoms with Crippen molar-refractivity contribution >= 4 is 11.7 Å². The van der Waals surface area contributed by atoms with E-state index in [4.69, 9.17) is 9.84 Å². The van der Waals surface area contributed by atoms with Crippen LogP contribution in [0.4, 0.5) is 10.5 Å². The molecule has 0 heterocycles. The van der Waals surface area contributed by atoms with Crippen molar-refractivity contribution in [2.24, 2.45) is 5.92 Å². The average Bonchev–Trinajstić information content (AvgIpc) is 2.46.